The molecule has 2 aliphatic heterocycles. The fourth-order valence-corrected chi connectivity index (χ4v) is 5.08. The maximum atomic E-state index is 12.3. The molecule has 0 spiro atoms. The van der Waals surface area contributed by atoms with Crippen molar-refractivity contribution >= 4 is 67.3 Å². The third-order valence-electron chi connectivity index (χ3n) is 3.94. The number of carbonyl (C=O) groups is 2. The largest absolute Gasteiger partial charge is 1.00 e. The van der Waals surface area contributed by atoms with Gasteiger partial charge < -0.3 is 24.1 Å². The molecule has 32 heavy (non-hydrogen) atoms. The van der Waals surface area contributed by atoms with Crippen LogP contribution in [-0.2, 0) is 19.7 Å². The molecule has 0 bridgehead atoms. The number of carboxylic acids is 1. The first-order valence-corrected chi connectivity index (χ1v) is 12.0. The quantitative estimate of drug-likeness (QED) is 0.145. The number of amides is 1. The molecule has 0 atom stereocenters. The van der Waals surface area contributed by atoms with Crippen molar-refractivity contribution in [3.05, 3.63) is 46.0 Å². The number of fused-ring (bicyclic) bond motifs is 1. The Balaban J connectivity index is 0.00000256. The molecule has 3 heterocycles. The van der Waals surface area contributed by atoms with Crippen molar-refractivity contribution in [2.24, 2.45) is 0 Å². The third kappa shape index (κ3) is 7.67. The van der Waals surface area contributed by atoms with Gasteiger partial charge >= 0.3 is 59.1 Å². The molecule has 15 heteroatoms. The fourth-order valence-electron chi connectivity index (χ4n) is 2.61. The summed E-state index contributed by atoms with van der Waals surface area (Å²) in [5, 5.41) is 13.1. The first-order chi connectivity index (χ1) is 14.0. The first-order valence-electron chi connectivity index (χ1n) is 8.35. The standard InChI is InChI=1S/C17H16N2O7S4.2Na/c1-10(8-12-15(22)19(9-14(20)21)17(27)29-12)2-3-13-18(5-7-30(23,24)25)11-4-6-28-16(11)26-13;;/h2-4,6,8H,5,7,9H2,1H3,(H,20,21)(H,23,24,25);;/q;2*+1/p-2. The molecule has 0 N–H and O–H groups in total. The van der Waals surface area contributed by atoms with Crippen molar-refractivity contribution in [3.8, 4) is 5.06 Å². The fraction of sp³-hybridized carbons (Fsp3) is 0.235. The van der Waals surface area contributed by atoms with Crippen LogP contribution in [0.5, 0.6) is 5.06 Å². The molecular formula is C17H14N2Na2O7S4. The minimum absolute atomic E-state index is 0. The van der Waals surface area contributed by atoms with Gasteiger partial charge in [0.05, 0.1) is 39.0 Å². The number of carbonyl (C=O) groups excluding carboxylic acids is 2. The summed E-state index contributed by atoms with van der Waals surface area (Å²) < 4.78 is 38.9. The zero-order valence-corrected chi connectivity index (χ0v) is 24.7. The number of carboxylic acid groups (broad SMARTS) is 1. The number of allylic oxidation sites excluding steroid dienone is 4. The average molecular weight is 533 g/mol. The number of thiocarbonyl (C=S) groups is 1. The number of thiophene rings is 1. The monoisotopic (exact) mass is 532 g/mol. The van der Waals surface area contributed by atoms with Crippen LogP contribution in [0.2, 0.25) is 0 Å². The second-order valence-electron chi connectivity index (χ2n) is 6.16. The summed E-state index contributed by atoms with van der Waals surface area (Å²) in [5.74, 6) is -2.16. The molecule has 9 nitrogen and oxygen atoms in total. The predicted molar refractivity (Wildman–Crippen MR) is 114 cm³/mol. The molecule has 0 aliphatic carbocycles. The topological polar surface area (TPSA) is 130 Å². The summed E-state index contributed by atoms with van der Waals surface area (Å²) in [5.41, 5.74) is 1.32. The number of nitrogens with zero attached hydrogens (tertiary/aromatic N) is 2. The molecule has 160 valence electrons. The Kier molecular flexibility index (Phi) is 11.7. The van der Waals surface area contributed by atoms with Crippen molar-refractivity contribution in [1.29, 1.82) is 0 Å². The van der Waals surface area contributed by atoms with Gasteiger partial charge in [0.25, 0.3) is 5.91 Å². The molecule has 3 rings (SSSR count). The van der Waals surface area contributed by atoms with Gasteiger partial charge in [-0.05, 0) is 36.1 Å². The number of hydrogen-bond acceptors (Lipinski definition) is 11. The van der Waals surface area contributed by atoms with E-state index in [-0.39, 0.29) is 74.9 Å². The Hall–Kier alpha value is -0.190. The van der Waals surface area contributed by atoms with E-state index in [0.717, 1.165) is 16.7 Å². The number of rotatable bonds is 7. The molecule has 1 fully saturated rings. The summed E-state index contributed by atoms with van der Waals surface area (Å²) in [6, 6.07) is 1.76. The molecule has 1 saturated heterocycles. The second kappa shape index (κ2) is 12.5. The summed E-state index contributed by atoms with van der Waals surface area (Å²) in [6.45, 7) is 1.05. The molecule has 0 radical (unpaired) electrons. The maximum absolute atomic E-state index is 12.3. The zero-order valence-electron chi connectivity index (χ0n) is 17.4. The van der Waals surface area contributed by atoms with Crippen LogP contribution >= 0.6 is 35.3 Å². The van der Waals surface area contributed by atoms with Crippen molar-refractivity contribution in [2.45, 2.75) is 6.92 Å². The van der Waals surface area contributed by atoms with Crippen LogP contribution in [0, 0.1) is 0 Å². The SMILES string of the molecule is CC(=CC=C1Oc2sccc2N1CCS(=O)(=O)[O-])C=C1SC(=S)N(CC(=O)[O-])C1=O.[Na+].[Na+]. The molecule has 0 saturated carbocycles. The van der Waals surface area contributed by atoms with E-state index in [1.165, 1.54) is 11.3 Å². The van der Waals surface area contributed by atoms with E-state index in [2.05, 4.69) is 0 Å². The molecule has 2 aliphatic rings. The normalized spacial score (nSPS) is 18.5. The molecule has 0 unspecified atom stereocenters. The summed E-state index contributed by atoms with van der Waals surface area (Å²) in [7, 11) is -4.39. The smallest absolute Gasteiger partial charge is 0.748 e. The second-order valence-corrected chi connectivity index (χ2v) is 10.2. The van der Waals surface area contributed by atoms with Crippen molar-refractivity contribution in [3.63, 3.8) is 0 Å². The number of anilines is 1. The zero-order chi connectivity index (χ0) is 22.1. The number of hydrogen-bond donors (Lipinski definition) is 0. The van der Waals surface area contributed by atoms with E-state index in [9.17, 15) is 27.7 Å². The van der Waals surface area contributed by atoms with Gasteiger partial charge in [-0.25, -0.2) is 8.42 Å². The Morgan fingerprint density at radius 2 is 2.00 bits per heavy atom. The molecule has 1 amide bonds. The minimum Gasteiger partial charge on any atom is -0.748 e. The Morgan fingerprint density at radius 1 is 1.31 bits per heavy atom. The van der Waals surface area contributed by atoms with E-state index in [0.29, 0.717) is 22.2 Å². The van der Waals surface area contributed by atoms with Crippen LogP contribution in [0.1, 0.15) is 6.92 Å². The molecular weight excluding hydrogens is 518 g/mol. The average Bonchev–Trinajstić information content (AvgIpc) is 3.27. The van der Waals surface area contributed by atoms with Crippen LogP contribution in [0.25, 0.3) is 0 Å². The molecule has 1 aromatic heterocycles. The van der Waals surface area contributed by atoms with Crippen molar-refractivity contribution < 1.29 is 91.5 Å². The van der Waals surface area contributed by atoms with E-state index in [1.54, 1.807) is 41.5 Å². The van der Waals surface area contributed by atoms with E-state index < -0.39 is 34.3 Å². The Bertz CT molecular complexity index is 1110. The van der Waals surface area contributed by atoms with E-state index >= 15 is 0 Å². The molecule has 1 aromatic rings. The maximum Gasteiger partial charge on any atom is 1.00 e. The van der Waals surface area contributed by atoms with Crippen LogP contribution in [-0.4, -0.2) is 52.9 Å². The van der Waals surface area contributed by atoms with Gasteiger partial charge in [0, 0.05) is 6.54 Å². The Morgan fingerprint density at radius 3 is 2.62 bits per heavy atom. The van der Waals surface area contributed by atoms with Gasteiger partial charge in [-0.1, -0.05) is 30.1 Å². The van der Waals surface area contributed by atoms with Gasteiger partial charge in [0.1, 0.15) is 4.32 Å². The van der Waals surface area contributed by atoms with Crippen molar-refractivity contribution in [2.75, 3.05) is 23.7 Å². The van der Waals surface area contributed by atoms with Gasteiger partial charge in [-0.15, -0.1) is 11.3 Å². The third-order valence-corrected chi connectivity index (χ3v) is 6.78. The van der Waals surface area contributed by atoms with Gasteiger partial charge in [-0.2, -0.15) is 0 Å². The Labute approximate surface area is 242 Å². The van der Waals surface area contributed by atoms with E-state index in [1.807, 2.05) is 0 Å². The summed E-state index contributed by atoms with van der Waals surface area (Å²) in [6.07, 6.45) is 4.80. The summed E-state index contributed by atoms with van der Waals surface area (Å²) in [4.78, 5) is 25.9. The summed E-state index contributed by atoms with van der Waals surface area (Å²) >= 11 is 7.35. The van der Waals surface area contributed by atoms with Gasteiger partial charge in [-0.3, -0.25) is 9.69 Å². The van der Waals surface area contributed by atoms with Crippen LogP contribution in [0.3, 0.4) is 0 Å². The van der Waals surface area contributed by atoms with Crippen LogP contribution in [0.15, 0.2) is 46.0 Å². The number of ether oxygens (including phenoxy) is 1. The first kappa shape index (κ1) is 29.8. The van der Waals surface area contributed by atoms with Crippen molar-refractivity contribution in [1.82, 2.24) is 4.90 Å². The van der Waals surface area contributed by atoms with Gasteiger partial charge in [0.15, 0.2) is 0 Å². The minimum atomic E-state index is -4.39. The van der Waals surface area contributed by atoms with E-state index in [4.69, 9.17) is 17.0 Å². The number of aliphatic carboxylic acids is 1. The predicted octanol–water partition coefficient (Wildman–Crippen LogP) is -5.22. The van der Waals surface area contributed by atoms with Gasteiger partial charge in [0.2, 0.25) is 10.9 Å². The number of thioether (sulfide) groups is 1. The van der Waals surface area contributed by atoms with Crippen LogP contribution in [0.4, 0.5) is 5.69 Å². The molecule has 0 aromatic carbocycles. The van der Waals surface area contributed by atoms with Crippen LogP contribution < -0.4 is 73.9 Å².